The van der Waals surface area contributed by atoms with Crippen LogP contribution in [0.3, 0.4) is 0 Å². The summed E-state index contributed by atoms with van der Waals surface area (Å²) in [6, 6.07) is 7.75. The van der Waals surface area contributed by atoms with E-state index < -0.39 is 0 Å². The van der Waals surface area contributed by atoms with Crippen molar-refractivity contribution in [3.05, 3.63) is 33.4 Å². The molecule has 1 saturated heterocycles. The van der Waals surface area contributed by atoms with Crippen LogP contribution in [0.2, 0.25) is 0 Å². The van der Waals surface area contributed by atoms with Gasteiger partial charge in [-0.15, -0.1) is 0 Å². The second-order valence-electron chi connectivity index (χ2n) is 5.02. The topological polar surface area (TPSA) is 32.3 Å². The van der Waals surface area contributed by atoms with Crippen molar-refractivity contribution in [3.8, 4) is 0 Å². The Balaban J connectivity index is 2.18. The maximum atomic E-state index is 12.4. The van der Waals surface area contributed by atoms with Crippen LogP contribution in [0, 0.1) is 3.57 Å². The molecule has 0 atom stereocenters. The van der Waals surface area contributed by atoms with Crippen LogP contribution in [0.25, 0.3) is 0 Å². The minimum Gasteiger partial charge on any atom is -0.336 e. The third-order valence-corrected chi connectivity index (χ3v) is 3.90. The molecule has 1 N–H and O–H groups in total. The number of nitrogens with zero attached hydrogens (tertiary/aromatic N) is 1. The molecule has 1 aromatic rings. The molecule has 1 heterocycles. The van der Waals surface area contributed by atoms with Crippen LogP contribution < -0.4 is 5.32 Å². The number of hydrogen-bond donors (Lipinski definition) is 1. The van der Waals surface area contributed by atoms with Gasteiger partial charge in [0.15, 0.2) is 0 Å². The van der Waals surface area contributed by atoms with Gasteiger partial charge in [-0.2, -0.15) is 0 Å². The average Bonchev–Trinajstić information content (AvgIpc) is 2.27. The van der Waals surface area contributed by atoms with Crippen LogP contribution in [-0.4, -0.2) is 36.0 Å². The van der Waals surface area contributed by atoms with Crippen molar-refractivity contribution < 1.29 is 4.79 Å². The summed E-state index contributed by atoms with van der Waals surface area (Å²) in [5.74, 6) is 0.143. The molecular weight excluding hydrogens is 327 g/mol. The maximum absolute atomic E-state index is 12.4. The van der Waals surface area contributed by atoms with E-state index >= 15 is 0 Å². The minimum atomic E-state index is 0.00806. The highest BCUT2D eigenvalue weighted by atomic mass is 127. The summed E-state index contributed by atoms with van der Waals surface area (Å²) in [5.41, 5.74) is 0.819. The lowest BCUT2D eigenvalue weighted by atomic mass is 10.0. The lowest BCUT2D eigenvalue weighted by molar-refractivity contribution is 0.0651. The molecule has 0 aliphatic carbocycles. The second-order valence-corrected chi connectivity index (χ2v) is 6.18. The summed E-state index contributed by atoms with van der Waals surface area (Å²) < 4.78 is 1.02. The Hall–Kier alpha value is -0.620. The Morgan fingerprint density at radius 1 is 1.41 bits per heavy atom. The Morgan fingerprint density at radius 3 is 2.76 bits per heavy atom. The highest BCUT2D eigenvalue weighted by Gasteiger charge is 2.29. The quantitative estimate of drug-likeness (QED) is 0.792. The number of rotatable bonds is 1. The Kier molecular flexibility index (Phi) is 3.73. The maximum Gasteiger partial charge on any atom is 0.255 e. The SMILES string of the molecule is CC1(C)CN(C(=O)c2ccccc2I)CCN1. The van der Waals surface area contributed by atoms with Gasteiger partial charge in [0.25, 0.3) is 5.91 Å². The molecule has 1 aliphatic heterocycles. The lowest BCUT2D eigenvalue weighted by Gasteiger charge is -2.39. The molecule has 0 bridgehead atoms. The zero-order valence-corrected chi connectivity index (χ0v) is 12.3. The van der Waals surface area contributed by atoms with E-state index in [-0.39, 0.29) is 11.4 Å². The summed E-state index contributed by atoms with van der Waals surface area (Å²) in [7, 11) is 0. The molecule has 0 aromatic heterocycles. The highest BCUT2D eigenvalue weighted by molar-refractivity contribution is 14.1. The van der Waals surface area contributed by atoms with E-state index in [1.807, 2.05) is 29.2 Å². The van der Waals surface area contributed by atoms with Gasteiger partial charge in [-0.25, -0.2) is 0 Å². The van der Waals surface area contributed by atoms with Crippen LogP contribution in [0.5, 0.6) is 0 Å². The second kappa shape index (κ2) is 4.94. The highest BCUT2D eigenvalue weighted by Crippen LogP contribution is 2.17. The lowest BCUT2D eigenvalue weighted by Crippen LogP contribution is -2.58. The van der Waals surface area contributed by atoms with Crippen LogP contribution in [0.4, 0.5) is 0 Å². The summed E-state index contributed by atoms with van der Waals surface area (Å²) in [4.78, 5) is 14.3. The van der Waals surface area contributed by atoms with E-state index in [0.29, 0.717) is 0 Å². The molecule has 1 aromatic carbocycles. The fourth-order valence-electron chi connectivity index (χ4n) is 2.12. The monoisotopic (exact) mass is 344 g/mol. The van der Waals surface area contributed by atoms with Crippen molar-refractivity contribution in [1.82, 2.24) is 10.2 Å². The van der Waals surface area contributed by atoms with Crippen molar-refractivity contribution in [2.75, 3.05) is 19.6 Å². The Labute approximate surface area is 116 Å². The van der Waals surface area contributed by atoms with Crippen molar-refractivity contribution in [1.29, 1.82) is 0 Å². The third kappa shape index (κ3) is 2.98. The van der Waals surface area contributed by atoms with Crippen molar-refractivity contribution in [3.63, 3.8) is 0 Å². The molecule has 4 heteroatoms. The molecule has 1 amide bonds. The molecule has 17 heavy (non-hydrogen) atoms. The predicted molar refractivity (Wildman–Crippen MR) is 77.1 cm³/mol. The van der Waals surface area contributed by atoms with Crippen molar-refractivity contribution in [2.45, 2.75) is 19.4 Å². The molecule has 0 unspecified atom stereocenters. The molecule has 92 valence electrons. The molecule has 0 spiro atoms. The van der Waals surface area contributed by atoms with E-state index in [0.717, 1.165) is 28.8 Å². The number of piperazine rings is 1. The minimum absolute atomic E-state index is 0.00806. The van der Waals surface area contributed by atoms with E-state index in [1.165, 1.54) is 0 Å². The van der Waals surface area contributed by atoms with E-state index in [2.05, 4.69) is 41.8 Å². The van der Waals surface area contributed by atoms with Crippen LogP contribution in [0.15, 0.2) is 24.3 Å². The number of carbonyl (C=O) groups is 1. The number of amides is 1. The first-order chi connectivity index (χ1) is 7.99. The fraction of sp³-hybridized carbons (Fsp3) is 0.462. The Bertz CT molecular complexity index is 431. The Morgan fingerprint density at radius 2 is 2.12 bits per heavy atom. The summed E-state index contributed by atoms with van der Waals surface area (Å²) in [5, 5.41) is 3.41. The van der Waals surface area contributed by atoms with Gasteiger partial charge >= 0.3 is 0 Å². The average molecular weight is 344 g/mol. The van der Waals surface area contributed by atoms with Crippen LogP contribution in [0.1, 0.15) is 24.2 Å². The van der Waals surface area contributed by atoms with E-state index in [9.17, 15) is 4.79 Å². The molecule has 1 fully saturated rings. The predicted octanol–water partition coefficient (Wildman–Crippen LogP) is 2.12. The summed E-state index contributed by atoms with van der Waals surface area (Å²) >= 11 is 2.22. The number of nitrogens with one attached hydrogen (secondary N) is 1. The van der Waals surface area contributed by atoms with Crippen LogP contribution in [-0.2, 0) is 0 Å². The van der Waals surface area contributed by atoms with Gasteiger partial charge in [0.1, 0.15) is 0 Å². The summed E-state index contributed by atoms with van der Waals surface area (Å²) in [6.45, 7) is 6.66. The normalized spacial score (nSPS) is 19.1. The molecular formula is C13H17IN2O. The van der Waals surface area contributed by atoms with Gasteiger partial charge in [-0.05, 0) is 48.6 Å². The number of hydrogen-bond acceptors (Lipinski definition) is 2. The molecule has 1 aliphatic rings. The standard InChI is InChI=1S/C13H17IN2O/c1-13(2)9-16(8-7-15-13)12(17)10-5-3-4-6-11(10)14/h3-6,15H,7-9H2,1-2H3. The number of halogens is 1. The number of carbonyl (C=O) groups excluding carboxylic acids is 1. The zero-order valence-electron chi connectivity index (χ0n) is 10.2. The van der Waals surface area contributed by atoms with E-state index in [4.69, 9.17) is 0 Å². The summed E-state index contributed by atoms with van der Waals surface area (Å²) in [6.07, 6.45) is 0. The first kappa shape index (κ1) is 12.8. The van der Waals surface area contributed by atoms with Crippen molar-refractivity contribution >= 4 is 28.5 Å². The smallest absolute Gasteiger partial charge is 0.255 e. The molecule has 0 radical (unpaired) electrons. The third-order valence-electron chi connectivity index (χ3n) is 2.96. The number of benzene rings is 1. The fourth-order valence-corrected chi connectivity index (χ4v) is 2.74. The van der Waals surface area contributed by atoms with Gasteiger partial charge in [0, 0.05) is 28.7 Å². The van der Waals surface area contributed by atoms with Gasteiger partial charge in [0.05, 0.1) is 5.56 Å². The zero-order chi connectivity index (χ0) is 12.5. The molecule has 3 nitrogen and oxygen atoms in total. The largest absolute Gasteiger partial charge is 0.336 e. The van der Waals surface area contributed by atoms with Gasteiger partial charge in [-0.1, -0.05) is 12.1 Å². The first-order valence-corrected chi connectivity index (χ1v) is 6.86. The van der Waals surface area contributed by atoms with Crippen molar-refractivity contribution in [2.24, 2.45) is 0 Å². The molecule has 2 rings (SSSR count). The van der Waals surface area contributed by atoms with E-state index in [1.54, 1.807) is 0 Å². The van der Waals surface area contributed by atoms with Gasteiger partial charge in [0.2, 0.25) is 0 Å². The first-order valence-electron chi connectivity index (χ1n) is 5.78. The molecule has 0 saturated carbocycles. The van der Waals surface area contributed by atoms with Gasteiger partial charge < -0.3 is 10.2 Å². The van der Waals surface area contributed by atoms with Gasteiger partial charge in [-0.3, -0.25) is 4.79 Å². The van der Waals surface area contributed by atoms with Crippen LogP contribution >= 0.6 is 22.6 Å².